The van der Waals surface area contributed by atoms with E-state index in [-0.39, 0.29) is 17.4 Å². The predicted molar refractivity (Wildman–Crippen MR) is 106 cm³/mol. The van der Waals surface area contributed by atoms with Gasteiger partial charge in [-0.15, -0.1) is 16.4 Å². The molecule has 0 bridgehead atoms. The molecule has 0 aliphatic carbocycles. The van der Waals surface area contributed by atoms with E-state index in [1.54, 1.807) is 40.3 Å². The number of ketones is 1. The molecule has 2 heterocycles. The lowest BCUT2D eigenvalue weighted by atomic mass is 10.1. The van der Waals surface area contributed by atoms with Gasteiger partial charge in [-0.05, 0) is 52.6 Å². The molecule has 0 aliphatic rings. The number of carbonyl (C=O) groups is 2. The van der Waals surface area contributed by atoms with E-state index in [0.29, 0.717) is 29.4 Å². The molecular formula is C18H19N5O2S2. The second kappa shape index (κ2) is 9.43. The van der Waals surface area contributed by atoms with Crippen LogP contribution >= 0.6 is 23.1 Å². The number of nitrogens with one attached hydrogen (secondary N) is 1. The van der Waals surface area contributed by atoms with Crippen LogP contribution in [0.4, 0.5) is 5.69 Å². The summed E-state index contributed by atoms with van der Waals surface area (Å²) in [6.45, 7) is 2.54. The summed E-state index contributed by atoms with van der Waals surface area (Å²) in [6.07, 6.45) is 1.28. The van der Waals surface area contributed by atoms with Crippen LogP contribution in [0.1, 0.15) is 35.0 Å². The Morgan fingerprint density at radius 1 is 1.22 bits per heavy atom. The summed E-state index contributed by atoms with van der Waals surface area (Å²) in [5.41, 5.74) is 1.28. The van der Waals surface area contributed by atoms with Gasteiger partial charge in [-0.2, -0.15) is 0 Å². The van der Waals surface area contributed by atoms with E-state index in [4.69, 9.17) is 0 Å². The van der Waals surface area contributed by atoms with Crippen LogP contribution < -0.4 is 5.32 Å². The number of aromatic nitrogens is 4. The highest BCUT2D eigenvalue weighted by Crippen LogP contribution is 2.19. The van der Waals surface area contributed by atoms with E-state index in [1.807, 2.05) is 24.4 Å². The van der Waals surface area contributed by atoms with Crippen molar-refractivity contribution in [1.82, 2.24) is 20.2 Å². The van der Waals surface area contributed by atoms with Crippen LogP contribution in [0.25, 0.3) is 0 Å². The number of nitrogens with zero attached hydrogens (tertiary/aromatic N) is 4. The fourth-order valence-electron chi connectivity index (χ4n) is 2.35. The van der Waals surface area contributed by atoms with Crippen LogP contribution in [0.2, 0.25) is 0 Å². The van der Waals surface area contributed by atoms with Crippen LogP contribution in [0, 0.1) is 0 Å². The van der Waals surface area contributed by atoms with Gasteiger partial charge in [-0.1, -0.05) is 24.8 Å². The number of hydrogen-bond donors (Lipinski definition) is 1. The molecular weight excluding hydrogens is 382 g/mol. The maximum absolute atomic E-state index is 12.4. The molecule has 1 aromatic carbocycles. The highest BCUT2D eigenvalue weighted by Gasteiger charge is 2.12. The first kappa shape index (κ1) is 19.2. The average molecular weight is 402 g/mol. The topological polar surface area (TPSA) is 89.8 Å². The molecule has 0 radical (unpaired) electrons. The molecule has 0 fully saturated rings. The number of rotatable bonds is 9. The zero-order chi connectivity index (χ0) is 19.1. The summed E-state index contributed by atoms with van der Waals surface area (Å²) in [6, 6.07) is 10.9. The predicted octanol–water partition coefficient (Wildman–Crippen LogP) is 3.50. The van der Waals surface area contributed by atoms with Gasteiger partial charge in [0, 0.05) is 22.5 Å². The third kappa shape index (κ3) is 5.48. The van der Waals surface area contributed by atoms with Gasteiger partial charge < -0.3 is 5.32 Å². The van der Waals surface area contributed by atoms with Crippen LogP contribution in [0.5, 0.6) is 0 Å². The number of thiophene rings is 1. The van der Waals surface area contributed by atoms with E-state index >= 15 is 0 Å². The van der Waals surface area contributed by atoms with Gasteiger partial charge >= 0.3 is 0 Å². The number of amides is 1. The fourth-order valence-corrected chi connectivity index (χ4v) is 3.81. The normalized spacial score (nSPS) is 10.7. The quantitative estimate of drug-likeness (QED) is 0.436. The minimum atomic E-state index is -0.0234. The summed E-state index contributed by atoms with van der Waals surface area (Å²) in [5, 5.41) is 17.1. The largest absolute Gasteiger partial charge is 0.326 e. The average Bonchev–Trinajstić information content (AvgIpc) is 3.33. The van der Waals surface area contributed by atoms with Crippen molar-refractivity contribution < 1.29 is 9.59 Å². The monoisotopic (exact) mass is 401 g/mol. The van der Waals surface area contributed by atoms with Gasteiger partial charge in [0.15, 0.2) is 5.78 Å². The molecule has 0 saturated carbocycles. The minimum absolute atomic E-state index is 0.0166. The second-order valence-corrected chi connectivity index (χ2v) is 7.76. The maximum Gasteiger partial charge on any atom is 0.224 e. The van der Waals surface area contributed by atoms with Crippen LogP contribution in [0.3, 0.4) is 0 Å². The van der Waals surface area contributed by atoms with Gasteiger partial charge in [0.25, 0.3) is 0 Å². The Hall–Kier alpha value is -2.52. The van der Waals surface area contributed by atoms with E-state index in [1.165, 1.54) is 11.8 Å². The first-order chi connectivity index (χ1) is 13.2. The number of anilines is 1. The molecule has 140 valence electrons. The van der Waals surface area contributed by atoms with Crippen LogP contribution in [0.15, 0.2) is 46.9 Å². The lowest BCUT2D eigenvalue weighted by Crippen LogP contribution is -2.11. The summed E-state index contributed by atoms with van der Waals surface area (Å²) < 4.78 is 1.69. The number of thioether (sulfide) groups is 1. The Kier molecular flexibility index (Phi) is 6.72. The molecule has 0 spiro atoms. The third-order valence-electron chi connectivity index (χ3n) is 3.68. The molecule has 3 aromatic rings. The van der Waals surface area contributed by atoms with Crippen molar-refractivity contribution in [1.29, 1.82) is 0 Å². The summed E-state index contributed by atoms with van der Waals surface area (Å²) in [7, 11) is 0. The lowest BCUT2D eigenvalue weighted by molar-refractivity contribution is -0.116. The molecule has 9 heteroatoms. The van der Waals surface area contributed by atoms with Gasteiger partial charge in [0.2, 0.25) is 11.1 Å². The smallest absolute Gasteiger partial charge is 0.224 e. The fraction of sp³-hybridized carbons (Fsp3) is 0.278. The summed E-state index contributed by atoms with van der Waals surface area (Å²) in [5.74, 6) is 0.202. The maximum atomic E-state index is 12.4. The van der Waals surface area contributed by atoms with Crippen molar-refractivity contribution in [2.45, 2.75) is 31.5 Å². The first-order valence-electron chi connectivity index (χ1n) is 8.50. The Bertz CT molecular complexity index is 891. The molecule has 3 rings (SSSR count). The number of hydrogen-bond acceptors (Lipinski definition) is 7. The molecule has 1 N–H and O–H groups in total. The zero-order valence-electron chi connectivity index (χ0n) is 14.8. The molecule has 2 aromatic heterocycles. The minimum Gasteiger partial charge on any atom is -0.326 e. The van der Waals surface area contributed by atoms with Crippen molar-refractivity contribution in [2.24, 2.45) is 0 Å². The van der Waals surface area contributed by atoms with E-state index < -0.39 is 0 Å². The first-order valence-corrected chi connectivity index (χ1v) is 10.4. The Balaban J connectivity index is 1.55. The summed E-state index contributed by atoms with van der Waals surface area (Å²) >= 11 is 2.95. The number of tetrazole rings is 1. The van der Waals surface area contributed by atoms with Crippen LogP contribution in [-0.4, -0.2) is 37.7 Å². The number of carbonyl (C=O) groups excluding carboxylic acids is 2. The van der Waals surface area contributed by atoms with Gasteiger partial charge in [-0.3, -0.25) is 9.59 Å². The zero-order valence-corrected chi connectivity index (χ0v) is 16.4. The van der Waals surface area contributed by atoms with Crippen molar-refractivity contribution in [3.63, 3.8) is 0 Å². The highest BCUT2D eigenvalue weighted by atomic mass is 32.2. The molecule has 7 nitrogen and oxygen atoms in total. The molecule has 0 aliphatic heterocycles. The third-order valence-corrected chi connectivity index (χ3v) is 5.50. The van der Waals surface area contributed by atoms with Gasteiger partial charge in [0.05, 0.1) is 12.3 Å². The molecule has 0 unspecified atom stereocenters. The SMILES string of the molecule is CCCC(=O)Nc1ccc(C(=O)CSc2nnnn2Cc2cccs2)cc1. The molecule has 0 atom stereocenters. The standard InChI is InChI=1S/C18H19N5O2S2/c1-2-4-17(25)19-14-8-6-13(7-9-14)16(24)12-27-18-20-21-22-23(18)11-15-5-3-10-26-15/h3,5-10H,2,4,11-12H2,1H3,(H,19,25). The second-order valence-electron chi connectivity index (χ2n) is 5.79. The van der Waals surface area contributed by atoms with E-state index in [0.717, 1.165) is 11.3 Å². The van der Waals surface area contributed by atoms with Crippen LogP contribution in [-0.2, 0) is 11.3 Å². The van der Waals surface area contributed by atoms with Crippen molar-refractivity contribution >= 4 is 40.5 Å². The van der Waals surface area contributed by atoms with E-state index in [2.05, 4.69) is 20.8 Å². The van der Waals surface area contributed by atoms with Crippen molar-refractivity contribution in [3.05, 3.63) is 52.2 Å². The Labute approximate surface area is 165 Å². The van der Waals surface area contributed by atoms with Crippen molar-refractivity contribution in [2.75, 3.05) is 11.1 Å². The Morgan fingerprint density at radius 2 is 2.04 bits per heavy atom. The molecule has 0 saturated heterocycles. The highest BCUT2D eigenvalue weighted by molar-refractivity contribution is 7.99. The van der Waals surface area contributed by atoms with E-state index in [9.17, 15) is 9.59 Å². The van der Waals surface area contributed by atoms with Gasteiger partial charge in [0.1, 0.15) is 0 Å². The lowest BCUT2D eigenvalue weighted by Gasteiger charge is -2.06. The molecule has 1 amide bonds. The van der Waals surface area contributed by atoms with Gasteiger partial charge in [-0.25, -0.2) is 4.68 Å². The summed E-state index contributed by atoms with van der Waals surface area (Å²) in [4.78, 5) is 25.2. The Morgan fingerprint density at radius 3 is 2.74 bits per heavy atom. The van der Waals surface area contributed by atoms with Crippen molar-refractivity contribution in [3.8, 4) is 0 Å². The number of Topliss-reactive ketones (excluding diaryl/α,β-unsaturated/α-hetero) is 1. The number of benzene rings is 1. The molecule has 27 heavy (non-hydrogen) atoms.